The lowest BCUT2D eigenvalue weighted by Gasteiger charge is -2.32. The smallest absolute Gasteiger partial charge is 0.223 e. The first-order valence-corrected chi connectivity index (χ1v) is 12.1. The van der Waals surface area contributed by atoms with Crippen molar-refractivity contribution in [2.24, 2.45) is 11.3 Å². The van der Waals surface area contributed by atoms with Gasteiger partial charge in [0.15, 0.2) is 0 Å². The van der Waals surface area contributed by atoms with Crippen LogP contribution in [0.1, 0.15) is 56.9 Å². The topological polar surface area (TPSA) is 50.2 Å². The Kier molecular flexibility index (Phi) is 6.13. The van der Waals surface area contributed by atoms with Crippen LogP contribution in [0.2, 0.25) is 0 Å². The number of carbonyl (C=O) groups excluding carboxylic acids is 1. The van der Waals surface area contributed by atoms with Crippen molar-refractivity contribution in [3.05, 3.63) is 59.7 Å². The summed E-state index contributed by atoms with van der Waals surface area (Å²) in [5, 5.41) is 7.64. The molecule has 2 aromatic rings. The van der Waals surface area contributed by atoms with Crippen molar-refractivity contribution in [3.63, 3.8) is 0 Å². The Bertz CT molecular complexity index is 972. The predicted molar refractivity (Wildman–Crippen MR) is 123 cm³/mol. The van der Waals surface area contributed by atoms with Gasteiger partial charge in [-0.15, -0.1) is 0 Å². The second-order valence-electron chi connectivity index (χ2n) is 9.81. The zero-order valence-electron chi connectivity index (χ0n) is 18.7. The molecule has 2 fully saturated rings. The van der Waals surface area contributed by atoms with Crippen LogP contribution in [-0.2, 0) is 11.3 Å². The van der Waals surface area contributed by atoms with Gasteiger partial charge in [-0.25, -0.2) is 9.07 Å². The number of allylic oxidation sites excluding steroid dienone is 1. The van der Waals surface area contributed by atoms with Gasteiger partial charge >= 0.3 is 0 Å². The highest BCUT2D eigenvalue weighted by molar-refractivity contribution is 5.82. The number of amides is 1. The van der Waals surface area contributed by atoms with Crippen LogP contribution in [0.4, 0.5) is 4.39 Å². The molecule has 1 aliphatic heterocycles. The van der Waals surface area contributed by atoms with Crippen LogP contribution in [-0.4, -0.2) is 40.2 Å². The maximum absolute atomic E-state index is 13.1. The highest BCUT2D eigenvalue weighted by atomic mass is 19.1. The summed E-state index contributed by atoms with van der Waals surface area (Å²) in [7, 11) is 0. The Hall–Kier alpha value is -2.47. The zero-order valence-corrected chi connectivity index (χ0v) is 18.7. The lowest BCUT2D eigenvalue weighted by atomic mass is 9.90. The van der Waals surface area contributed by atoms with Crippen molar-refractivity contribution in [3.8, 4) is 5.69 Å². The monoisotopic (exact) mass is 436 g/mol. The molecule has 1 saturated carbocycles. The van der Waals surface area contributed by atoms with E-state index < -0.39 is 0 Å². The van der Waals surface area contributed by atoms with E-state index in [0.717, 1.165) is 63.1 Å². The Morgan fingerprint density at radius 3 is 2.75 bits per heavy atom. The minimum absolute atomic E-state index is 0.214. The molecule has 2 heterocycles. The number of hydrogen-bond donors (Lipinski definition) is 1. The quantitative estimate of drug-likeness (QED) is 0.645. The number of piperidine rings is 1. The van der Waals surface area contributed by atoms with Crippen LogP contribution in [0.3, 0.4) is 0 Å². The molecular weight excluding hydrogens is 403 g/mol. The average molecular weight is 437 g/mol. The van der Waals surface area contributed by atoms with E-state index >= 15 is 0 Å². The minimum Gasteiger partial charge on any atom is -0.356 e. The number of halogens is 1. The number of rotatable bonds is 7. The average Bonchev–Trinajstić information content (AvgIpc) is 3.32. The fourth-order valence-electron chi connectivity index (χ4n) is 5.46. The van der Waals surface area contributed by atoms with E-state index in [1.165, 1.54) is 43.4 Å². The lowest BCUT2D eigenvalue weighted by molar-refractivity contribution is -0.123. The molecule has 170 valence electrons. The molecule has 0 unspecified atom stereocenters. The van der Waals surface area contributed by atoms with Crippen molar-refractivity contribution in [2.75, 3.05) is 19.6 Å². The van der Waals surface area contributed by atoms with Crippen LogP contribution in [0.25, 0.3) is 5.69 Å². The van der Waals surface area contributed by atoms with Gasteiger partial charge in [-0.2, -0.15) is 5.10 Å². The Balaban J connectivity index is 1.06. The lowest BCUT2D eigenvalue weighted by Crippen LogP contribution is -2.36. The van der Waals surface area contributed by atoms with Crippen molar-refractivity contribution in [1.29, 1.82) is 0 Å². The van der Waals surface area contributed by atoms with E-state index in [1.54, 1.807) is 16.8 Å². The standard InChI is InChI=1S/C26H33FN4O/c27-22-6-8-23(9-7-22)31-19-21(17-29-31)18-30-14-11-26(12-15-30)16-24(26)25(32)28-13-10-20-4-2-1-3-5-20/h4,6-9,17,19,24H,1-3,5,10-16,18H2,(H,28,32)/t24-/m0/s1. The van der Waals surface area contributed by atoms with Gasteiger partial charge < -0.3 is 5.32 Å². The van der Waals surface area contributed by atoms with E-state index in [0.29, 0.717) is 0 Å². The van der Waals surface area contributed by atoms with E-state index in [4.69, 9.17) is 0 Å². The summed E-state index contributed by atoms with van der Waals surface area (Å²) in [4.78, 5) is 15.1. The molecule has 0 bridgehead atoms. The predicted octanol–water partition coefficient (Wildman–Crippen LogP) is 4.62. The molecule has 1 spiro atoms. The molecule has 1 atom stereocenters. The van der Waals surface area contributed by atoms with Crippen molar-refractivity contribution in [1.82, 2.24) is 20.0 Å². The molecule has 1 saturated heterocycles. The first-order valence-electron chi connectivity index (χ1n) is 12.1. The van der Waals surface area contributed by atoms with Crippen LogP contribution >= 0.6 is 0 Å². The van der Waals surface area contributed by atoms with Crippen molar-refractivity contribution < 1.29 is 9.18 Å². The zero-order chi connectivity index (χ0) is 22.0. The largest absolute Gasteiger partial charge is 0.356 e. The number of carbonyl (C=O) groups is 1. The number of nitrogens with one attached hydrogen (secondary N) is 1. The van der Waals surface area contributed by atoms with Gasteiger partial charge in [0.1, 0.15) is 5.82 Å². The van der Waals surface area contributed by atoms with Crippen LogP contribution in [0, 0.1) is 17.2 Å². The second-order valence-corrected chi connectivity index (χ2v) is 9.81. The summed E-state index contributed by atoms with van der Waals surface area (Å²) in [6, 6.07) is 6.38. The van der Waals surface area contributed by atoms with Crippen molar-refractivity contribution in [2.45, 2.75) is 57.9 Å². The molecule has 32 heavy (non-hydrogen) atoms. The maximum Gasteiger partial charge on any atom is 0.223 e. The molecule has 1 aromatic heterocycles. The fraction of sp³-hybridized carbons (Fsp3) is 0.538. The fourth-order valence-corrected chi connectivity index (χ4v) is 5.46. The number of nitrogens with zero attached hydrogens (tertiary/aromatic N) is 3. The normalized spacial score (nSPS) is 22.5. The maximum atomic E-state index is 13.1. The summed E-state index contributed by atoms with van der Waals surface area (Å²) in [6.07, 6.45) is 15.6. The van der Waals surface area contributed by atoms with Crippen LogP contribution in [0.5, 0.6) is 0 Å². The van der Waals surface area contributed by atoms with Crippen LogP contribution in [0.15, 0.2) is 48.3 Å². The van der Waals surface area contributed by atoms with Crippen LogP contribution < -0.4 is 5.32 Å². The number of aromatic nitrogens is 2. The molecule has 6 heteroatoms. The van der Waals surface area contributed by atoms with E-state index in [2.05, 4.69) is 21.4 Å². The van der Waals surface area contributed by atoms with Gasteiger partial charge in [0.05, 0.1) is 11.9 Å². The Morgan fingerprint density at radius 1 is 1.19 bits per heavy atom. The molecule has 1 amide bonds. The third-order valence-corrected chi connectivity index (χ3v) is 7.62. The SMILES string of the molecule is O=C(NCCC1=CCCCC1)[C@@H]1CC12CCN(Cc1cnn(-c3ccc(F)cc3)c1)CC2. The molecule has 5 rings (SSSR count). The van der Waals surface area contributed by atoms with E-state index in [-0.39, 0.29) is 23.1 Å². The van der Waals surface area contributed by atoms with Gasteiger partial charge in [0, 0.05) is 30.8 Å². The summed E-state index contributed by atoms with van der Waals surface area (Å²) in [6.45, 7) is 3.71. The van der Waals surface area contributed by atoms with Gasteiger partial charge in [-0.1, -0.05) is 11.6 Å². The summed E-state index contributed by atoms with van der Waals surface area (Å²) in [5.74, 6) is 0.249. The summed E-state index contributed by atoms with van der Waals surface area (Å²) >= 11 is 0. The Labute approximate surface area is 189 Å². The summed E-state index contributed by atoms with van der Waals surface area (Å²) < 4.78 is 14.9. The molecule has 3 aliphatic rings. The molecule has 2 aliphatic carbocycles. The first-order chi connectivity index (χ1) is 15.6. The number of benzene rings is 1. The molecule has 1 aromatic carbocycles. The molecular formula is C26H33FN4O. The Morgan fingerprint density at radius 2 is 2.00 bits per heavy atom. The van der Waals surface area contributed by atoms with Gasteiger partial charge in [0.25, 0.3) is 0 Å². The van der Waals surface area contributed by atoms with Gasteiger partial charge in [0.2, 0.25) is 5.91 Å². The minimum atomic E-state index is -0.239. The third kappa shape index (κ3) is 4.80. The second kappa shape index (κ2) is 9.18. The van der Waals surface area contributed by atoms with E-state index in [9.17, 15) is 9.18 Å². The number of hydrogen-bond acceptors (Lipinski definition) is 3. The van der Waals surface area contributed by atoms with E-state index in [1.807, 2.05) is 12.4 Å². The molecule has 0 radical (unpaired) electrons. The third-order valence-electron chi connectivity index (χ3n) is 7.62. The molecule has 5 nitrogen and oxygen atoms in total. The highest BCUT2D eigenvalue weighted by Gasteiger charge is 2.58. The highest BCUT2D eigenvalue weighted by Crippen LogP contribution is 2.59. The van der Waals surface area contributed by atoms with Gasteiger partial charge in [-0.05, 0) is 94.1 Å². The van der Waals surface area contributed by atoms with Crippen molar-refractivity contribution >= 4 is 5.91 Å². The number of likely N-dealkylation sites (tertiary alicyclic amines) is 1. The summed E-state index contributed by atoms with van der Waals surface area (Å²) in [5.41, 5.74) is 3.79. The molecule has 1 N–H and O–H groups in total. The first kappa shape index (κ1) is 21.4. The van der Waals surface area contributed by atoms with Gasteiger partial charge in [-0.3, -0.25) is 9.69 Å².